The molecule has 28 heteroatoms. The lowest BCUT2D eigenvalue weighted by molar-refractivity contribution is -0.137. The molecule has 11 amide bonds. The summed E-state index contributed by atoms with van der Waals surface area (Å²) in [6, 6.07) is -11.5. The Labute approximate surface area is 547 Å². The molecule has 0 saturated heterocycles. The molecule has 0 saturated carbocycles. The van der Waals surface area contributed by atoms with Crippen LogP contribution in [0.2, 0.25) is 0 Å². The molecule has 0 aromatic carbocycles. The number of unbranched alkanes of at least 4 members (excludes halogenated alkanes) is 8. The fourth-order valence-corrected chi connectivity index (χ4v) is 10.1. The van der Waals surface area contributed by atoms with Gasteiger partial charge in [-0.15, -0.1) is 0 Å². The van der Waals surface area contributed by atoms with Crippen molar-refractivity contribution < 1.29 is 57.8 Å². The van der Waals surface area contributed by atoms with Crippen LogP contribution in [-0.2, 0) is 52.7 Å². The number of aliphatic hydroxyl groups excluding tert-OH is 1. The van der Waals surface area contributed by atoms with E-state index >= 15 is 0 Å². The summed E-state index contributed by atoms with van der Waals surface area (Å²) in [5.74, 6) is -9.04. The third-order valence-corrected chi connectivity index (χ3v) is 15.5. The lowest BCUT2D eigenvalue weighted by Gasteiger charge is -2.30. The predicted molar refractivity (Wildman–Crippen MR) is 357 cm³/mol. The number of hydrogen-bond acceptors (Lipinski definition) is 15. The number of aliphatic hydroxyl groups is 1. The molecule has 0 bridgehead atoms. The Hall–Kier alpha value is -6.68. The van der Waals surface area contributed by atoms with E-state index in [0.29, 0.717) is 38.5 Å². The van der Waals surface area contributed by atoms with Crippen molar-refractivity contribution in [2.45, 2.75) is 278 Å². The summed E-state index contributed by atoms with van der Waals surface area (Å²) in [6.07, 6.45) is 8.75. The summed E-state index contributed by atoms with van der Waals surface area (Å²) in [5, 5.41) is 37.9. The molecule has 11 atom stereocenters. The Morgan fingerprint density at radius 2 is 0.750 bits per heavy atom. The molecule has 0 spiro atoms. The highest BCUT2D eigenvalue weighted by atomic mass is 16.3. The molecule has 530 valence electrons. The summed E-state index contributed by atoms with van der Waals surface area (Å²) in [4.78, 5) is 156. The van der Waals surface area contributed by atoms with Crippen LogP contribution >= 0.6 is 0 Å². The molecular weight excluding hydrogens is 1180 g/mol. The van der Waals surface area contributed by atoms with Gasteiger partial charge >= 0.3 is 0 Å². The van der Waals surface area contributed by atoms with E-state index in [0.717, 1.165) is 32.1 Å². The highest BCUT2D eigenvalue weighted by Crippen LogP contribution is 2.16. The maximum atomic E-state index is 14.6. The third-order valence-electron chi connectivity index (χ3n) is 15.5. The van der Waals surface area contributed by atoms with E-state index < -0.39 is 125 Å². The molecule has 0 aliphatic carbocycles. The topological polar surface area (TPSA) is 471 Å². The summed E-state index contributed by atoms with van der Waals surface area (Å²) >= 11 is 0. The van der Waals surface area contributed by atoms with E-state index in [1.807, 2.05) is 55.4 Å². The number of amides is 11. The number of aliphatic imine (C=N–C) groups is 1. The first-order valence-corrected chi connectivity index (χ1v) is 33.7. The van der Waals surface area contributed by atoms with Gasteiger partial charge in [0.2, 0.25) is 65.0 Å². The quantitative estimate of drug-likeness (QED) is 0.0230. The van der Waals surface area contributed by atoms with Crippen molar-refractivity contribution in [2.75, 3.05) is 26.2 Å². The van der Waals surface area contributed by atoms with Gasteiger partial charge in [0.25, 0.3) is 0 Å². The fourth-order valence-electron chi connectivity index (χ4n) is 10.1. The number of carbonyl (C=O) groups excluding carboxylic acids is 11. The van der Waals surface area contributed by atoms with Gasteiger partial charge in [0, 0.05) is 13.0 Å². The second-order valence-electron chi connectivity index (χ2n) is 26.2. The minimum atomic E-state index is -1.64. The third kappa shape index (κ3) is 37.7. The van der Waals surface area contributed by atoms with Gasteiger partial charge in [-0.1, -0.05) is 121 Å². The molecule has 0 aliphatic heterocycles. The van der Waals surface area contributed by atoms with E-state index in [1.165, 1.54) is 13.3 Å². The first-order chi connectivity index (χ1) is 43.3. The highest BCUT2D eigenvalue weighted by Gasteiger charge is 2.38. The van der Waals surface area contributed by atoms with Crippen molar-refractivity contribution in [3.63, 3.8) is 0 Å². The van der Waals surface area contributed by atoms with Crippen molar-refractivity contribution in [1.29, 1.82) is 0 Å². The standard InChI is InChI=1S/C64H122N16O12/c1-13-15-16-17-18-19-20-29-51(82)71-37-52(83)72-48(34-39(5)6)59(88)77-49(35-40(7)8)60(89)74-44(26-21-23-30-65)56(85)73-46(28-25-32-70-64(68)69)57(86)79-53(42(11)14-2)62(91)75-45(27-22-24-31-66)58(87)80-54(43(12)81)63(92)78-50(36-41(9)10)61(90)76-47(55(67)84)33-38(3)4/h38-50,53-54,81H,13-37,65-66H2,1-12H3,(H2,67,84)(H,71,82)(H,72,83)(H,73,85)(H,74,89)(H,75,91)(H,76,90)(H,77,88)(H,78,92)(H,79,86)(H,80,87)(H4,68,69,70)/t42-,43+,44-,45-,46-,47-,48-,49-,50-,53-,54-/m0/s1. The van der Waals surface area contributed by atoms with Crippen molar-refractivity contribution >= 4 is 70.9 Å². The van der Waals surface area contributed by atoms with Gasteiger partial charge in [-0.3, -0.25) is 57.7 Å². The largest absolute Gasteiger partial charge is 0.391 e. The number of rotatable bonds is 51. The molecule has 0 aromatic heterocycles. The maximum absolute atomic E-state index is 14.6. The monoisotopic (exact) mass is 1310 g/mol. The second kappa shape index (κ2) is 48.1. The Bertz CT molecular complexity index is 2280. The number of primary amides is 1. The van der Waals surface area contributed by atoms with Crippen LogP contribution in [0, 0.1) is 29.6 Å². The van der Waals surface area contributed by atoms with Crippen molar-refractivity contribution in [3.05, 3.63) is 0 Å². The first-order valence-electron chi connectivity index (χ1n) is 33.7. The summed E-state index contributed by atoms with van der Waals surface area (Å²) < 4.78 is 0. The molecule has 21 N–H and O–H groups in total. The molecule has 92 heavy (non-hydrogen) atoms. The summed E-state index contributed by atoms with van der Waals surface area (Å²) in [7, 11) is 0. The average molecular weight is 1310 g/mol. The van der Waals surface area contributed by atoms with Crippen LogP contribution in [0.15, 0.2) is 4.99 Å². The van der Waals surface area contributed by atoms with E-state index in [4.69, 9.17) is 28.7 Å². The van der Waals surface area contributed by atoms with E-state index in [1.54, 1.807) is 13.8 Å². The number of nitrogens with zero attached hydrogens (tertiary/aromatic N) is 1. The smallest absolute Gasteiger partial charge is 0.245 e. The van der Waals surface area contributed by atoms with E-state index in [9.17, 15) is 57.8 Å². The van der Waals surface area contributed by atoms with Gasteiger partial charge in [-0.25, -0.2) is 0 Å². The van der Waals surface area contributed by atoms with Crippen molar-refractivity contribution in [1.82, 2.24) is 53.2 Å². The molecule has 0 aromatic rings. The molecule has 0 heterocycles. The summed E-state index contributed by atoms with van der Waals surface area (Å²) in [6.45, 7) is 21.8. The molecule has 0 aliphatic rings. The van der Waals surface area contributed by atoms with Gasteiger partial charge in [0.05, 0.1) is 12.6 Å². The Morgan fingerprint density at radius 3 is 1.17 bits per heavy atom. The van der Waals surface area contributed by atoms with Crippen LogP contribution in [0.1, 0.15) is 218 Å². The average Bonchev–Trinajstić information content (AvgIpc) is 2.56. The lowest BCUT2D eigenvalue weighted by Crippen LogP contribution is -2.62. The van der Waals surface area contributed by atoms with Crippen molar-refractivity contribution in [2.24, 2.45) is 63.3 Å². The Kier molecular flexibility index (Phi) is 44.6. The number of nitrogens with one attached hydrogen (secondary N) is 10. The van der Waals surface area contributed by atoms with Gasteiger partial charge in [-0.2, -0.15) is 0 Å². The van der Waals surface area contributed by atoms with Gasteiger partial charge in [0.15, 0.2) is 5.96 Å². The predicted octanol–water partition coefficient (Wildman–Crippen LogP) is 1.01. The minimum Gasteiger partial charge on any atom is -0.391 e. The fraction of sp³-hybridized carbons (Fsp3) is 0.812. The number of nitrogens with two attached hydrogens (primary N) is 5. The summed E-state index contributed by atoms with van der Waals surface area (Å²) in [5.41, 5.74) is 28.5. The Morgan fingerprint density at radius 1 is 0.391 bits per heavy atom. The van der Waals surface area contributed by atoms with Crippen LogP contribution in [0.5, 0.6) is 0 Å². The zero-order valence-corrected chi connectivity index (χ0v) is 57.6. The van der Waals surface area contributed by atoms with Crippen LogP contribution in [0.25, 0.3) is 0 Å². The molecule has 0 radical (unpaired) electrons. The molecule has 0 rings (SSSR count). The molecule has 0 fully saturated rings. The number of carbonyl (C=O) groups is 11. The Balaban J connectivity index is 6.92. The second-order valence-corrected chi connectivity index (χ2v) is 26.2. The number of hydrogen-bond donors (Lipinski definition) is 16. The number of guanidine groups is 1. The SMILES string of the molecule is CCCCCCCCCC(=O)NCC(=O)N[C@@H](CC(C)C)C(=O)N[C@@H](CC(C)C)C(=O)N[C@@H](CCCCN)C(=O)N[C@@H](CCCN=C(N)N)C(=O)N[C@H](C(=O)N[C@@H](CCCCN)C(=O)N[C@H](C(=O)N[C@@H](CC(C)C)C(=O)N[C@@H](CC(C)C)C(N)=O)[C@@H](C)O)[C@@H](C)CC. The first kappa shape index (κ1) is 85.3. The molecule has 28 nitrogen and oxygen atoms in total. The van der Waals surface area contributed by atoms with Gasteiger partial charge in [-0.05, 0) is 133 Å². The van der Waals surface area contributed by atoms with Crippen LogP contribution in [0.3, 0.4) is 0 Å². The van der Waals surface area contributed by atoms with E-state index in [-0.39, 0.29) is 120 Å². The van der Waals surface area contributed by atoms with Gasteiger partial charge < -0.3 is 86.9 Å². The van der Waals surface area contributed by atoms with Crippen LogP contribution in [-0.4, -0.2) is 163 Å². The zero-order chi connectivity index (χ0) is 70.0. The zero-order valence-electron chi connectivity index (χ0n) is 57.6. The van der Waals surface area contributed by atoms with Crippen LogP contribution in [0.4, 0.5) is 0 Å². The van der Waals surface area contributed by atoms with Crippen LogP contribution < -0.4 is 81.8 Å². The van der Waals surface area contributed by atoms with Gasteiger partial charge in [0.1, 0.15) is 54.4 Å². The maximum Gasteiger partial charge on any atom is 0.245 e. The normalized spacial score (nSPS) is 15.0. The highest BCUT2D eigenvalue weighted by molar-refractivity contribution is 5.99. The molecule has 0 unspecified atom stereocenters. The molecular formula is C64H122N16O12. The minimum absolute atomic E-state index is 0.00469. The van der Waals surface area contributed by atoms with E-state index in [2.05, 4.69) is 65.1 Å². The lowest BCUT2D eigenvalue weighted by atomic mass is 9.96. The van der Waals surface area contributed by atoms with Crippen molar-refractivity contribution in [3.8, 4) is 0 Å².